The summed E-state index contributed by atoms with van der Waals surface area (Å²) in [6, 6.07) is 2.82. The van der Waals surface area contributed by atoms with E-state index in [-0.39, 0.29) is 0 Å². The van der Waals surface area contributed by atoms with Gasteiger partial charge in [0.25, 0.3) is 0 Å². The second kappa shape index (κ2) is 8.49. The van der Waals surface area contributed by atoms with Gasteiger partial charge >= 0.3 is 0 Å². The number of ether oxygens (including phenoxy) is 1. The van der Waals surface area contributed by atoms with Gasteiger partial charge in [0.1, 0.15) is 0 Å². The van der Waals surface area contributed by atoms with E-state index < -0.39 is 0 Å². The molecular formula is C15H25BrN2OS. The largest absolute Gasteiger partial charge is 0.379 e. The summed E-state index contributed by atoms with van der Waals surface area (Å²) in [7, 11) is 0. The van der Waals surface area contributed by atoms with Gasteiger partial charge in [-0.25, -0.2) is 0 Å². The van der Waals surface area contributed by atoms with Crippen LogP contribution in [0.15, 0.2) is 15.2 Å². The Morgan fingerprint density at radius 2 is 2.15 bits per heavy atom. The second-order valence-electron chi connectivity index (χ2n) is 5.82. The molecule has 114 valence electrons. The molecule has 3 nitrogen and oxygen atoms in total. The first-order chi connectivity index (χ1) is 9.65. The van der Waals surface area contributed by atoms with Crippen molar-refractivity contribution in [2.75, 3.05) is 32.8 Å². The van der Waals surface area contributed by atoms with Crippen LogP contribution < -0.4 is 5.32 Å². The lowest BCUT2D eigenvalue weighted by Gasteiger charge is -2.35. The van der Waals surface area contributed by atoms with Crippen LogP contribution in [-0.4, -0.2) is 43.8 Å². The Morgan fingerprint density at radius 1 is 1.40 bits per heavy atom. The minimum atomic E-state index is 0.626. The minimum absolute atomic E-state index is 0.626. The molecule has 1 fully saturated rings. The Labute approximate surface area is 134 Å². The molecule has 0 bridgehead atoms. The Hall–Kier alpha value is 0.0600. The summed E-state index contributed by atoms with van der Waals surface area (Å²) in [5.74, 6) is 0.736. The van der Waals surface area contributed by atoms with Crippen LogP contribution in [-0.2, 0) is 11.3 Å². The molecule has 0 aliphatic carbocycles. The van der Waals surface area contributed by atoms with Crippen LogP contribution in [0.1, 0.15) is 25.8 Å². The monoisotopic (exact) mass is 360 g/mol. The summed E-state index contributed by atoms with van der Waals surface area (Å²) >= 11 is 5.27. The topological polar surface area (TPSA) is 24.5 Å². The molecule has 0 spiro atoms. The first-order valence-electron chi connectivity index (χ1n) is 7.40. The third-order valence-electron chi connectivity index (χ3n) is 3.64. The highest BCUT2D eigenvalue weighted by molar-refractivity contribution is 9.11. The van der Waals surface area contributed by atoms with E-state index in [1.165, 1.54) is 15.8 Å². The maximum Gasteiger partial charge on any atom is 0.0701 e. The Balaban J connectivity index is 1.80. The summed E-state index contributed by atoms with van der Waals surface area (Å²) in [5, 5.41) is 5.83. The molecule has 1 aromatic rings. The third-order valence-corrected chi connectivity index (χ3v) is 5.19. The first-order valence-corrected chi connectivity index (χ1v) is 9.08. The molecule has 2 heterocycles. The van der Waals surface area contributed by atoms with Gasteiger partial charge in [0, 0.05) is 32.2 Å². The molecule has 1 N–H and O–H groups in total. The van der Waals surface area contributed by atoms with Crippen LogP contribution in [0.2, 0.25) is 0 Å². The van der Waals surface area contributed by atoms with E-state index in [4.69, 9.17) is 4.74 Å². The van der Waals surface area contributed by atoms with Gasteiger partial charge in [-0.15, -0.1) is 11.3 Å². The summed E-state index contributed by atoms with van der Waals surface area (Å²) in [5.41, 5.74) is 1.37. The molecule has 0 saturated carbocycles. The number of hydrogen-bond donors (Lipinski definition) is 1. The van der Waals surface area contributed by atoms with Crippen molar-refractivity contribution in [1.29, 1.82) is 0 Å². The molecule has 1 saturated heterocycles. The summed E-state index contributed by atoms with van der Waals surface area (Å²) < 4.78 is 6.67. The maximum absolute atomic E-state index is 5.47. The van der Waals surface area contributed by atoms with Gasteiger partial charge < -0.3 is 10.1 Å². The fourth-order valence-electron chi connectivity index (χ4n) is 2.67. The summed E-state index contributed by atoms with van der Waals surface area (Å²) in [6.45, 7) is 10.5. The Bertz CT molecular complexity index is 391. The third kappa shape index (κ3) is 5.45. The van der Waals surface area contributed by atoms with E-state index in [0.29, 0.717) is 6.04 Å². The Morgan fingerprint density at radius 3 is 2.75 bits per heavy atom. The number of nitrogens with one attached hydrogen (secondary N) is 1. The molecule has 1 aromatic heterocycles. The lowest BCUT2D eigenvalue weighted by Crippen LogP contribution is -2.48. The lowest BCUT2D eigenvalue weighted by molar-refractivity contribution is 0.0123. The highest BCUT2D eigenvalue weighted by Gasteiger charge is 2.21. The molecule has 0 amide bonds. The van der Waals surface area contributed by atoms with Gasteiger partial charge in [0.15, 0.2) is 0 Å². The Kier molecular flexibility index (Phi) is 6.97. The molecule has 1 unspecified atom stereocenters. The van der Waals surface area contributed by atoms with Gasteiger partial charge in [0.05, 0.1) is 17.0 Å². The number of morpholine rings is 1. The first kappa shape index (κ1) is 16.4. The van der Waals surface area contributed by atoms with E-state index in [9.17, 15) is 0 Å². The van der Waals surface area contributed by atoms with Crippen molar-refractivity contribution in [2.45, 2.75) is 32.9 Å². The van der Waals surface area contributed by atoms with Gasteiger partial charge in [-0.1, -0.05) is 13.8 Å². The number of rotatable bonds is 7. The minimum Gasteiger partial charge on any atom is -0.379 e. The van der Waals surface area contributed by atoms with Crippen LogP contribution in [0.3, 0.4) is 0 Å². The van der Waals surface area contributed by atoms with Crippen molar-refractivity contribution < 1.29 is 4.74 Å². The number of thiophene rings is 1. The fourth-order valence-corrected chi connectivity index (χ4v) is 3.88. The van der Waals surface area contributed by atoms with Gasteiger partial charge in [-0.3, -0.25) is 4.90 Å². The predicted octanol–water partition coefficient (Wildman–Crippen LogP) is 3.35. The lowest BCUT2D eigenvalue weighted by atomic mass is 10.0. The van der Waals surface area contributed by atoms with Gasteiger partial charge in [-0.05, 0) is 45.3 Å². The molecule has 0 radical (unpaired) electrons. The maximum atomic E-state index is 5.47. The summed E-state index contributed by atoms with van der Waals surface area (Å²) in [4.78, 5) is 2.58. The standard InChI is InChI=1S/C15H25BrN2OS/c1-12(2)7-14(18-3-5-19-6-4-18)10-17-9-13-8-15(16)20-11-13/h8,11-12,14,17H,3-7,9-10H2,1-2H3. The van der Waals surface area contributed by atoms with Gasteiger partial charge in [-0.2, -0.15) is 0 Å². The number of halogens is 1. The van der Waals surface area contributed by atoms with Crippen molar-refractivity contribution in [2.24, 2.45) is 5.92 Å². The van der Waals surface area contributed by atoms with Crippen molar-refractivity contribution in [3.8, 4) is 0 Å². The number of nitrogens with zero attached hydrogens (tertiary/aromatic N) is 1. The van der Waals surface area contributed by atoms with Crippen LogP contribution in [0.25, 0.3) is 0 Å². The molecular weight excluding hydrogens is 336 g/mol. The van der Waals surface area contributed by atoms with Crippen LogP contribution in [0.4, 0.5) is 0 Å². The van der Waals surface area contributed by atoms with E-state index in [1.54, 1.807) is 11.3 Å². The molecule has 2 rings (SSSR count). The van der Waals surface area contributed by atoms with Crippen molar-refractivity contribution in [3.05, 3.63) is 20.8 Å². The average Bonchev–Trinajstić information content (AvgIpc) is 2.84. The van der Waals surface area contributed by atoms with E-state index in [0.717, 1.165) is 45.3 Å². The van der Waals surface area contributed by atoms with E-state index >= 15 is 0 Å². The molecule has 1 atom stereocenters. The van der Waals surface area contributed by atoms with Crippen LogP contribution in [0.5, 0.6) is 0 Å². The van der Waals surface area contributed by atoms with E-state index in [1.807, 2.05) is 0 Å². The van der Waals surface area contributed by atoms with Crippen LogP contribution >= 0.6 is 27.3 Å². The highest BCUT2D eigenvalue weighted by atomic mass is 79.9. The van der Waals surface area contributed by atoms with Crippen molar-refractivity contribution in [1.82, 2.24) is 10.2 Å². The SMILES string of the molecule is CC(C)CC(CNCc1csc(Br)c1)N1CCOCC1. The highest BCUT2D eigenvalue weighted by Crippen LogP contribution is 2.20. The molecule has 20 heavy (non-hydrogen) atoms. The van der Waals surface area contributed by atoms with Gasteiger partial charge in [0.2, 0.25) is 0 Å². The zero-order valence-corrected chi connectivity index (χ0v) is 14.8. The predicted molar refractivity (Wildman–Crippen MR) is 89.4 cm³/mol. The van der Waals surface area contributed by atoms with Crippen molar-refractivity contribution in [3.63, 3.8) is 0 Å². The smallest absolute Gasteiger partial charge is 0.0701 e. The molecule has 1 aliphatic heterocycles. The fraction of sp³-hybridized carbons (Fsp3) is 0.733. The zero-order chi connectivity index (χ0) is 14.4. The van der Waals surface area contributed by atoms with Crippen LogP contribution in [0, 0.1) is 5.92 Å². The normalized spacial score (nSPS) is 18.6. The van der Waals surface area contributed by atoms with Crippen molar-refractivity contribution >= 4 is 27.3 Å². The summed E-state index contributed by atoms with van der Waals surface area (Å²) in [6.07, 6.45) is 1.25. The number of hydrogen-bond acceptors (Lipinski definition) is 4. The second-order valence-corrected chi connectivity index (χ2v) is 8.11. The molecule has 0 aromatic carbocycles. The quantitative estimate of drug-likeness (QED) is 0.806. The molecule has 1 aliphatic rings. The average molecular weight is 361 g/mol. The molecule has 5 heteroatoms. The van der Waals surface area contributed by atoms with E-state index in [2.05, 4.69) is 51.4 Å². The zero-order valence-electron chi connectivity index (χ0n) is 12.4.